The summed E-state index contributed by atoms with van der Waals surface area (Å²) in [5, 5.41) is 13.9. The number of carbonyl (C=O) groups is 1. The van der Waals surface area contributed by atoms with Gasteiger partial charge >= 0.3 is 0 Å². The summed E-state index contributed by atoms with van der Waals surface area (Å²) in [6.45, 7) is 0. The zero-order valence-corrected chi connectivity index (χ0v) is 11.8. The maximum Gasteiger partial charge on any atom is 0.286 e. The van der Waals surface area contributed by atoms with Gasteiger partial charge in [-0.3, -0.25) is 14.9 Å². The molecule has 8 heteroatoms. The van der Waals surface area contributed by atoms with E-state index in [4.69, 9.17) is 15.2 Å². The first-order chi connectivity index (χ1) is 9.96. The summed E-state index contributed by atoms with van der Waals surface area (Å²) in [6, 6.07) is 2.53. The molecule has 21 heavy (non-hydrogen) atoms. The highest BCUT2D eigenvalue weighted by Gasteiger charge is 2.30. The number of nitro benzene ring substituents is 1. The molecule has 1 aromatic rings. The van der Waals surface area contributed by atoms with E-state index in [1.165, 1.54) is 26.4 Å². The van der Waals surface area contributed by atoms with Gasteiger partial charge in [0.25, 0.3) is 11.6 Å². The number of nitro groups is 1. The van der Waals surface area contributed by atoms with Crippen LogP contribution < -0.4 is 20.5 Å². The number of nitrogens with zero attached hydrogens (tertiary/aromatic N) is 1. The van der Waals surface area contributed by atoms with Gasteiger partial charge in [-0.25, -0.2) is 0 Å². The van der Waals surface area contributed by atoms with Crippen molar-refractivity contribution in [3.8, 4) is 11.5 Å². The first kappa shape index (κ1) is 15.0. The standard InChI is InChI=1S/C13H17N3O5/c1-20-11-5-9(10(16(18)19)6-12(11)21-2)13(17)15-8-3-7(14)4-8/h5-8H,3-4,14H2,1-2H3,(H,15,17). The summed E-state index contributed by atoms with van der Waals surface area (Å²) in [7, 11) is 2.77. The average Bonchev–Trinajstić information content (AvgIpc) is 2.43. The van der Waals surface area contributed by atoms with Gasteiger partial charge in [-0.1, -0.05) is 0 Å². The Hall–Kier alpha value is -2.35. The molecule has 1 fully saturated rings. The van der Waals surface area contributed by atoms with Crippen molar-refractivity contribution in [1.82, 2.24) is 5.32 Å². The minimum Gasteiger partial charge on any atom is -0.493 e. The molecule has 1 aromatic carbocycles. The van der Waals surface area contributed by atoms with E-state index in [9.17, 15) is 14.9 Å². The van der Waals surface area contributed by atoms with Crippen molar-refractivity contribution in [2.24, 2.45) is 5.73 Å². The lowest BCUT2D eigenvalue weighted by molar-refractivity contribution is -0.385. The zero-order valence-electron chi connectivity index (χ0n) is 11.8. The number of hydrogen-bond donors (Lipinski definition) is 2. The second-order valence-electron chi connectivity index (χ2n) is 4.88. The molecule has 0 radical (unpaired) electrons. The topological polar surface area (TPSA) is 117 Å². The largest absolute Gasteiger partial charge is 0.493 e. The Balaban J connectivity index is 2.31. The minimum atomic E-state index is -0.622. The maximum absolute atomic E-state index is 12.2. The lowest BCUT2D eigenvalue weighted by Gasteiger charge is -2.32. The van der Waals surface area contributed by atoms with Crippen molar-refractivity contribution in [2.45, 2.75) is 24.9 Å². The van der Waals surface area contributed by atoms with E-state index in [-0.39, 0.29) is 34.8 Å². The van der Waals surface area contributed by atoms with Crippen LogP contribution in [0.4, 0.5) is 5.69 Å². The van der Waals surface area contributed by atoms with Gasteiger partial charge in [0, 0.05) is 18.2 Å². The number of nitrogens with one attached hydrogen (secondary N) is 1. The van der Waals surface area contributed by atoms with Gasteiger partial charge in [-0.15, -0.1) is 0 Å². The number of amides is 1. The summed E-state index contributed by atoms with van der Waals surface area (Å²) in [4.78, 5) is 22.7. The maximum atomic E-state index is 12.2. The zero-order chi connectivity index (χ0) is 15.6. The van der Waals surface area contributed by atoms with E-state index in [1.54, 1.807) is 0 Å². The van der Waals surface area contributed by atoms with Crippen LogP contribution >= 0.6 is 0 Å². The Bertz CT molecular complexity index is 569. The minimum absolute atomic E-state index is 0.0415. The van der Waals surface area contributed by atoms with E-state index in [0.29, 0.717) is 12.8 Å². The van der Waals surface area contributed by atoms with Crippen LogP contribution in [0, 0.1) is 10.1 Å². The van der Waals surface area contributed by atoms with Gasteiger partial charge in [-0.05, 0) is 12.8 Å². The third-order valence-electron chi connectivity index (χ3n) is 3.45. The van der Waals surface area contributed by atoms with Gasteiger partial charge in [0.05, 0.1) is 25.2 Å². The number of ether oxygens (including phenoxy) is 2. The van der Waals surface area contributed by atoms with Crippen LogP contribution in [-0.2, 0) is 0 Å². The molecule has 3 N–H and O–H groups in total. The molecular weight excluding hydrogens is 278 g/mol. The quantitative estimate of drug-likeness (QED) is 0.614. The van der Waals surface area contributed by atoms with Gasteiger partial charge in [-0.2, -0.15) is 0 Å². The first-order valence-corrected chi connectivity index (χ1v) is 6.43. The molecule has 2 rings (SSSR count). The number of benzene rings is 1. The third-order valence-corrected chi connectivity index (χ3v) is 3.45. The normalized spacial score (nSPS) is 20.3. The molecule has 114 valence electrons. The molecule has 1 saturated carbocycles. The van der Waals surface area contributed by atoms with E-state index in [1.807, 2.05) is 0 Å². The van der Waals surface area contributed by atoms with E-state index < -0.39 is 10.8 Å². The molecule has 0 spiro atoms. The molecule has 1 amide bonds. The van der Waals surface area contributed by atoms with Crippen LogP contribution in [0.15, 0.2) is 12.1 Å². The van der Waals surface area contributed by atoms with Gasteiger partial charge in [0.1, 0.15) is 5.56 Å². The molecule has 0 aromatic heterocycles. The number of carbonyl (C=O) groups excluding carboxylic acids is 1. The van der Waals surface area contributed by atoms with Crippen molar-refractivity contribution in [3.63, 3.8) is 0 Å². The molecule has 0 heterocycles. The van der Waals surface area contributed by atoms with Crippen LogP contribution in [0.3, 0.4) is 0 Å². The fourth-order valence-corrected chi connectivity index (χ4v) is 2.24. The molecular formula is C13H17N3O5. The predicted molar refractivity (Wildman–Crippen MR) is 74.7 cm³/mol. The van der Waals surface area contributed by atoms with E-state index in [0.717, 1.165) is 0 Å². The molecule has 0 saturated heterocycles. The second-order valence-corrected chi connectivity index (χ2v) is 4.88. The number of rotatable bonds is 5. The summed E-state index contributed by atoms with van der Waals surface area (Å²) in [5.74, 6) is -0.0514. The molecule has 0 bridgehead atoms. The molecule has 0 atom stereocenters. The molecule has 1 aliphatic carbocycles. The fourth-order valence-electron chi connectivity index (χ4n) is 2.24. The highest BCUT2D eigenvalue weighted by Crippen LogP contribution is 2.34. The number of nitrogens with two attached hydrogens (primary N) is 1. The lowest BCUT2D eigenvalue weighted by atomic mass is 9.87. The van der Waals surface area contributed by atoms with Crippen LogP contribution in [0.1, 0.15) is 23.2 Å². The van der Waals surface area contributed by atoms with Crippen molar-refractivity contribution in [2.75, 3.05) is 14.2 Å². The Labute approximate surface area is 121 Å². The summed E-state index contributed by atoms with van der Waals surface area (Å²) in [6.07, 6.45) is 1.35. The predicted octanol–water partition coefficient (Wildman–Crippen LogP) is 0.832. The second kappa shape index (κ2) is 5.96. The monoisotopic (exact) mass is 295 g/mol. The van der Waals surface area contributed by atoms with Gasteiger partial charge < -0.3 is 20.5 Å². The molecule has 8 nitrogen and oxygen atoms in total. The highest BCUT2D eigenvalue weighted by atomic mass is 16.6. The number of hydrogen-bond acceptors (Lipinski definition) is 6. The van der Waals surface area contributed by atoms with E-state index in [2.05, 4.69) is 5.32 Å². The summed E-state index contributed by atoms with van der Waals surface area (Å²) >= 11 is 0. The van der Waals surface area contributed by atoms with Crippen molar-refractivity contribution in [3.05, 3.63) is 27.8 Å². The van der Waals surface area contributed by atoms with Crippen molar-refractivity contribution < 1.29 is 19.2 Å². The van der Waals surface area contributed by atoms with Crippen molar-refractivity contribution >= 4 is 11.6 Å². The average molecular weight is 295 g/mol. The third kappa shape index (κ3) is 3.05. The summed E-state index contributed by atoms with van der Waals surface area (Å²) in [5.41, 5.74) is 5.27. The molecule has 0 unspecified atom stereocenters. The van der Waals surface area contributed by atoms with Crippen LogP contribution in [0.5, 0.6) is 11.5 Å². The number of methoxy groups -OCH3 is 2. The lowest BCUT2D eigenvalue weighted by Crippen LogP contribution is -2.50. The van der Waals surface area contributed by atoms with Gasteiger partial charge in [0.15, 0.2) is 11.5 Å². The smallest absolute Gasteiger partial charge is 0.286 e. The highest BCUT2D eigenvalue weighted by molar-refractivity contribution is 5.99. The van der Waals surface area contributed by atoms with Crippen molar-refractivity contribution in [1.29, 1.82) is 0 Å². The van der Waals surface area contributed by atoms with Gasteiger partial charge in [0.2, 0.25) is 0 Å². The SMILES string of the molecule is COc1cc(C(=O)NC2CC(N)C2)c([N+](=O)[O-])cc1OC. The summed E-state index contributed by atoms with van der Waals surface area (Å²) < 4.78 is 10.1. The molecule has 1 aliphatic rings. The fraction of sp³-hybridized carbons (Fsp3) is 0.462. The Morgan fingerprint density at radius 1 is 1.33 bits per heavy atom. The Morgan fingerprint density at radius 2 is 1.90 bits per heavy atom. The van der Waals surface area contributed by atoms with Crippen LogP contribution in [-0.4, -0.2) is 37.1 Å². The molecule has 0 aliphatic heterocycles. The Morgan fingerprint density at radius 3 is 2.38 bits per heavy atom. The first-order valence-electron chi connectivity index (χ1n) is 6.43. The van der Waals surface area contributed by atoms with E-state index >= 15 is 0 Å². The van der Waals surface area contributed by atoms with Crippen LogP contribution in [0.25, 0.3) is 0 Å². The van der Waals surface area contributed by atoms with Crippen LogP contribution in [0.2, 0.25) is 0 Å². The Kier molecular flexibility index (Phi) is 4.27.